The number of hydrogen-bond donors (Lipinski definition) is 4. The third-order valence-corrected chi connectivity index (χ3v) is 7.03. The Morgan fingerprint density at radius 2 is 1.68 bits per heavy atom. The Hall–Kier alpha value is -4.27. The van der Waals surface area contributed by atoms with E-state index in [2.05, 4.69) is 20.7 Å². The lowest BCUT2D eigenvalue weighted by molar-refractivity contribution is -0.140. The van der Waals surface area contributed by atoms with Crippen molar-refractivity contribution in [2.45, 2.75) is 38.0 Å². The Labute approximate surface area is 275 Å². The Morgan fingerprint density at radius 3 is 2.34 bits per heavy atom. The Morgan fingerprint density at radius 1 is 0.979 bits per heavy atom. The fourth-order valence-corrected chi connectivity index (χ4v) is 4.82. The zero-order valence-electron chi connectivity index (χ0n) is 25.8. The van der Waals surface area contributed by atoms with Gasteiger partial charge in [0.1, 0.15) is 24.2 Å². The zero-order chi connectivity index (χ0) is 34.4. The number of alkyl halides is 3. The van der Waals surface area contributed by atoms with Gasteiger partial charge in [0.05, 0.1) is 37.4 Å². The van der Waals surface area contributed by atoms with E-state index in [-0.39, 0.29) is 61.2 Å². The van der Waals surface area contributed by atoms with Crippen LogP contribution in [0.2, 0.25) is 5.02 Å². The normalized spacial score (nSPS) is 15.4. The first-order valence-corrected chi connectivity index (χ1v) is 15.1. The summed E-state index contributed by atoms with van der Waals surface area (Å²) in [5.74, 6) is -3.03. The third-order valence-electron chi connectivity index (χ3n) is 6.80. The Bertz CT molecular complexity index is 1440. The molecule has 0 bridgehead atoms. The number of methoxy groups -OCH3 is 1. The fourth-order valence-electron chi connectivity index (χ4n) is 4.62. The van der Waals surface area contributed by atoms with Gasteiger partial charge in [-0.1, -0.05) is 41.9 Å². The molecule has 2 unspecified atom stereocenters. The van der Waals surface area contributed by atoms with Crippen LogP contribution in [0.25, 0.3) is 0 Å². The van der Waals surface area contributed by atoms with Crippen LogP contribution in [-0.2, 0) is 23.8 Å². The molecule has 2 atom stereocenters. The number of allylic oxidation sites excluding steroid dienone is 2. The number of amides is 1. The number of alkyl carbamates (subject to hydrolysis) is 1. The van der Waals surface area contributed by atoms with Crippen molar-refractivity contribution in [1.82, 2.24) is 16.0 Å². The number of carbonyl (C=O) groups is 3. The average Bonchev–Trinajstić information content (AvgIpc) is 3.04. The lowest BCUT2D eigenvalue weighted by Gasteiger charge is -2.32. The van der Waals surface area contributed by atoms with E-state index in [1.807, 2.05) is 18.2 Å². The predicted octanol–water partition coefficient (Wildman–Crippen LogP) is 4.37. The summed E-state index contributed by atoms with van der Waals surface area (Å²) >= 11 is 6.09. The second-order valence-electron chi connectivity index (χ2n) is 10.3. The summed E-state index contributed by atoms with van der Waals surface area (Å²) in [5.41, 5.74) is -2.34. The molecule has 0 aromatic heterocycles. The van der Waals surface area contributed by atoms with E-state index < -0.39 is 47.5 Å². The number of hydrogen-bond acceptors (Lipinski definition) is 10. The largest absolute Gasteiger partial charge is 0.491 e. The summed E-state index contributed by atoms with van der Waals surface area (Å²) < 4.78 is 62.6. The van der Waals surface area contributed by atoms with Gasteiger partial charge in [-0.15, -0.1) is 0 Å². The molecule has 47 heavy (non-hydrogen) atoms. The highest BCUT2D eigenvalue weighted by atomic mass is 35.5. The summed E-state index contributed by atoms with van der Waals surface area (Å²) in [5, 5.41) is 17.9. The number of halogens is 4. The van der Waals surface area contributed by atoms with Gasteiger partial charge in [-0.2, -0.15) is 13.2 Å². The highest BCUT2D eigenvalue weighted by molar-refractivity contribution is 6.30. The van der Waals surface area contributed by atoms with E-state index in [4.69, 9.17) is 25.8 Å². The molecule has 256 valence electrons. The molecule has 2 aromatic carbocycles. The van der Waals surface area contributed by atoms with Crippen LogP contribution in [0.1, 0.15) is 31.2 Å². The van der Waals surface area contributed by atoms with Crippen LogP contribution < -0.4 is 20.7 Å². The molecule has 2 aromatic rings. The maximum Gasteiger partial charge on any atom is 0.431 e. The van der Waals surface area contributed by atoms with E-state index in [0.717, 1.165) is 7.11 Å². The van der Waals surface area contributed by atoms with Gasteiger partial charge in [-0.25, -0.2) is 14.4 Å². The molecule has 0 aliphatic carbocycles. The number of benzene rings is 2. The third kappa shape index (κ3) is 11.5. The van der Waals surface area contributed by atoms with Crippen molar-refractivity contribution in [3.8, 4) is 5.75 Å². The molecule has 0 spiro atoms. The SMILES string of the molecule is COC(=O)C1=C(C(F)(F)F)NC(C)=C(C(=O)OCCCCOC(=O)NCCNCC(O)COc2ccccc2)C1c1cccc(Cl)c1. The summed E-state index contributed by atoms with van der Waals surface area (Å²) in [6.45, 7) is 2.17. The molecule has 0 radical (unpaired) electrons. The fraction of sp³-hybridized carbons (Fsp3) is 0.406. The minimum Gasteiger partial charge on any atom is -0.491 e. The van der Waals surface area contributed by atoms with Gasteiger partial charge >= 0.3 is 24.2 Å². The van der Waals surface area contributed by atoms with E-state index in [9.17, 15) is 32.7 Å². The van der Waals surface area contributed by atoms with E-state index >= 15 is 0 Å². The maximum absolute atomic E-state index is 14.0. The van der Waals surface area contributed by atoms with Crippen LogP contribution in [-0.4, -0.2) is 82.0 Å². The second-order valence-corrected chi connectivity index (χ2v) is 10.8. The molecule has 4 N–H and O–H groups in total. The summed E-state index contributed by atoms with van der Waals surface area (Å²) in [4.78, 5) is 37.8. The molecule has 0 saturated carbocycles. The van der Waals surface area contributed by atoms with Gasteiger partial charge in [0.25, 0.3) is 0 Å². The number of unbranched alkanes of at least 4 members (excludes halogenated alkanes) is 1. The van der Waals surface area contributed by atoms with Crippen LogP contribution >= 0.6 is 11.6 Å². The highest BCUT2D eigenvalue weighted by Gasteiger charge is 2.47. The molecule has 11 nitrogen and oxygen atoms in total. The van der Waals surface area contributed by atoms with Gasteiger partial charge in [-0.3, -0.25) is 0 Å². The van der Waals surface area contributed by atoms with Crippen LogP contribution in [0.3, 0.4) is 0 Å². The molecule has 1 aliphatic heterocycles. The van der Waals surface area contributed by atoms with E-state index in [0.29, 0.717) is 18.7 Å². The van der Waals surface area contributed by atoms with Gasteiger partial charge in [0.15, 0.2) is 0 Å². The van der Waals surface area contributed by atoms with Crippen molar-refractivity contribution in [3.63, 3.8) is 0 Å². The second kappa shape index (κ2) is 18.2. The number of rotatable bonds is 16. The number of aliphatic hydroxyl groups excluding tert-OH is 1. The molecule has 0 saturated heterocycles. The predicted molar refractivity (Wildman–Crippen MR) is 165 cm³/mol. The number of carbonyl (C=O) groups excluding carboxylic acids is 3. The van der Waals surface area contributed by atoms with Gasteiger partial charge in [-0.05, 0) is 49.6 Å². The highest BCUT2D eigenvalue weighted by Crippen LogP contribution is 2.43. The minimum atomic E-state index is -4.96. The van der Waals surface area contributed by atoms with Crippen molar-refractivity contribution in [3.05, 3.63) is 87.7 Å². The number of ether oxygens (including phenoxy) is 4. The van der Waals surface area contributed by atoms with E-state index in [1.165, 1.54) is 31.2 Å². The topological polar surface area (TPSA) is 144 Å². The summed E-state index contributed by atoms with van der Waals surface area (Å²) in [6.07, 6.45) is -5.75. The maximum atomic E-state index is 14.0. The number of dihydropyridines is 1. The van der Waals surface area contributed by atoms with Crippen LogP contribution in [0.5, 0.6) is 5.75 Å². The number of esters is 2. The van der Waals surface area contributed by atoms with Crippen molar-refractivity contribution < 1.29 is 51.6 Å². The summed E-state index contributed by atoms with van der Waals surface area (Å²) in [6, 6.07) is 14.9. The van der Waals surface area contributed by atoms with E-state index in [1.54, 1.807) is 12.1 Å². The minimum absolute atomic E-state index is 0.0188. The monoisotopic (exact) mass is 683 g/mol. The van der Waals surface area contributed by atoms with Crippen molar-refractivity contribution in [1.29, 1.82) is 0 Å². The number of nitrogens with one attached hydrogen (secondary N) is 3. The first-order chi connectivity index (χ1) is 22.4. The zero-order valence-corrected chi connectivity index (χ0v) is 26.6. The molecule has 1 heterocycles. The van der Waals surface area contributed by atoms with Crippen LogP contribution in [0.15, 0.2) is 77.1 Å². The quantitative estimate of drug-likeness (QED) is 0.114. The number of para-hydroxylation sites is 1. The lowest BCUT2D eigenvalue weighted by atomic mass is 9.80. The van der Waals surface area contributed by atoms with Crippen LogP contribution in [0.4, 0.5) is 18.0 Å². The van der Waals surface area contributed by atoms with Crippen molar-refractivity contribution in [2.24, 2.45) is 0 Å². The standard InChI is InChI=1S/C32H37ClF3N3O8/c1-20-25(26(21-9-8-10-22(33)17-21)27(29(41)44-2)28(39-20)32(34,35)36)30(42)45-15-6-7-16-46-31(43)38-14-13-37-18-23(40)19-47-24-11-4-3-5-12-24/h3-5,8-12,17,23,26,37,39-40H,6-7,13-16,18-19H2,1-2H3,(H,38,43). The first kappa shape index (κ1) is 37.2. The lowest BCUT2D eigenvalue weighted by Crippen LogP contribution is -2.38. The molecule has 1 amide bonds. The molecular weight excluding hydrogens is 647 g/mol. The molecule has 1 aliphatic rings. The Kier molecular flexibility index (Phi) is 14.4. The first-order valence-electron chi connectivity index (χ1n) is 14.7. The average molecular weight is 684 g/mol. The summed E-state index contributed by atoms with van der Waals surface area (Å²) in [7, 11) is 0.942. The molecule has 0 fully saturated rings. The van der Waals surface area contributed by atoms with Gasteiger partial charge in [0.2, 0.25) is 0 Å². The Balaban J connectivity index is 1.43. The molecule has 15 heteroatoms. The van der Waals surface area contributed by atoms with Crippen molar-refractivity contribution >= 4 is 29.6 Å². The van der Waals surface area contributed by atoms with Gasteiger partial charge in [0, 0.05) is 30.4 Å². The van der Waals surface area contributed by atoms with Crippen molar-refractivity contribution in [2.75, 3.05) is 46.6 Å². The van der Waals surface area contributed by atoms with Gasteiger partial charge < -0.3 is 40.0 Å². The molecular formula is C32H37ClF3N3O8. The van der Waals surface area contributed by atoms with Crippen LogP contribution in [0, 0.1) is 0 Å². The smallest absolute Gasteiger partial charge is 0.431 e. The molecule has 3 rings (SSSR count). The number of aliphatic hydroxyl groups is 1.